The standard InChI is InChI=1S/C30H24N4/c1-33(2)23-19-17-21(18-20-23)27-25-15-9-10-16-26(25)31-30-28(27)29(22-11-5-3-6-12-22)32-34(30)24-13-7-4-8-14-24/h3-20H,1-2H3. The van der Waals surface area contributed by atoms with E-state index in [0.29, 0.717) is 0 Å². The fourth-order valence-electron chi connectivity index (χ4n) is 4.55. The lowest BCUT2D eigenvalue weighted by atomic mass is 9.95. The van der Waals surface area contributed by atoms with E-state index in [1.165, 1.54) is 5.69 Å². The molecule has 4 heteroatoms. The van der Waals surface area contributed by atoms with E-state index in [4.69, 9.17) is 10.1 Å². The Labute approximate surface area is 198 Å². The topological polar surface area (TPSA) is 34.0 Å². The fraction of sp³-hybridized carbons (Fsp3) is 0.0667. The van der Waals surface area contributed by atoms with Gasteiger partial charge in [0.2, 0.25) is 0 Å². The van der Waals surface area contributed by atoms with E-state index in [9.17, 15) is 0 Å². The summed E-state index contributed by atoms with van der Waals surface area (Å²) in [5.41, 5.74) is 8.29. The number of hydrogen-bond donors (Lipinski definition) is 0. The maximum absolute atomic E-state index is 5.13. The molecule has 0 aliphatic heterocycles. The molecule has 0 aliphatic rings. The first-order chi connectivity index (χ1) is 16.7. The van der Waals surface area contributed by atoms with Gasteiger partial charge in [0.25, 0.3) is 0 Å². The van der Waals surface area contributed by atoms with Crippen molar-refractivity contribution in [3.8, 4) is 28.1 Å². The molecule has 34 heavy (non-hydrogen) atoms. The summed E-state index contributed by atoms with van der Waals surface area (Å²) in [7, 11) is 4.12. The first-order valence-corrected chi connectivity index (χ1v) is 11.4. The number of fused-ring (bicyclic) bond motifs is 2. The molecule has 0 N–H and O–H groups in total. The zero-order chi connectivity index (χ0) is 23.1. The maximum Gasteiger partial charge on any atom is 0.164 e. The molecule has 0 saturated carbocycles. The van der Waals surface area contributed by atoms with E-state index >= 15 is 0 Å². The van der Waals surface area contributed by atoms with Crippen LogP contribution in [0.25, 0.3) is 50.0 Å². The molecule has 2 heterocycles. The van der Waals surface area contributed by atoms with Crippen molar-refractivity contribution in [3.63, 3.8) is 0 Å². The number of rotatable bonds is 4. The summed E-state index contributed by atoms with van der Waals surface area (Å²) in [5, 5.41) is 7.31. The Bertz CT molecular complexity index is 1600. The molecule has 164 valence electrons. The van der Waals surface area contributed by atoms with Crippen LogP contribution in [0.15, 0.2) is 109 Å². The monoisotopic (exact) mass is 440 g/mol. The zero-order valence-corrected chi connectivity index (χ0v) is 19.2. The second-order valence-electron chi connectivity index (χ2n) is 8.61. The van der Waals surface area contributed by atoms with E-state index < -0.39 is 0 Å². The molecule has 4 nitrogen and oxygen atoms in total. The van der Waals surface area contributed by atoms with E-state index in [1.54, 1.807) is 0 Å². The van der Waals surface area contributed by atoms with Crippen molar-refractivity contribution >= 4 is 27.6 Å². The van der Waals surface area contributed by atoms with E-state index in [2.05, 4.69) is 97.9 Å². The SMILES string of the molecule is CN(C)c1ccc(-c2c3ccccc3nc3c2c(-c2ccccc2)nn3-c2ccccc2)cc1. The molecule has 0 amide bonds. The summed E-state index contributed by atoms with van der Waals surface area (Å²) >= 11 is 0. The number of anilines is 1. The maximum atomic E-state index is 5.13. The van der Waals surface area contributed by atoms with Crippen LogP contribution in [0.2, 0.25) is 0 Å². The molecule has 0 fully saturated rings. The van der Waals surface area contributed by atoms with Crippen molar-refractivity contribution in [1.82, 2.24) is 14.8 Å². The van der Waals surface area contributed by atoms with Crippen LogP contribution in [0.3, 0.4) is 0 Å². The van der Waals surface area contributed by atoms with E-state index in [0.717, 1.165) is 50.0 Å². The first-order valence-electron chi connectivity index (χ1n) is 11.4. The minimum Gasteiger partial charge on any atom is -0.378 e. The quantitative estimate of drug-likeness (QED) is 0.297. The molecule has 0 radical (unpaired) electrons. The highest BCUT2D eigenvalue weighted by atomic mass is 15.3. The smallest absolute Gasteiger partial charge is 0.164 e. The Kier molecular flexibility index (Phi) is 4.84. The van der Waals surface area contributed by atoms with Gasteiger partial charge in [-0.05, 0) is 35.9 Å². The molecule has 0 unspecified atom stereocenters. The molecule has 6 aromatic rings. The molecule has 0 spiro atoms. The highest BCUT2D eigenvalue weighted by Crippen LogP contribution is 2.41. The van der Waals surface area contributed by atoms with Gasteiger partial charge in [0.05, 0.1) is 16.6 Å². The van der Waals surface area contributed by atoms with Gasteiger partial charge in [-0.3, -0.25) is 0 Å². The lowest BCUT2D eigenvalue weighted by Crippen LogP contribution is -2.07. The lowest BCUT2D eigenvalue weighted by molar-refractivity contribution is 0.903. The Morgan fingerprint density at radius 3 is 2.00 bits per heavy atom. The molecule has 6 rings (SSSR count). The van der Waals surface area contributed by atoms with Crippen molar-refractivity contribution in [1.29, 1.82) is 0 Å². The third-order valence-electron chi connectivity index (χ3n) is 6.23. The van der Waals surface area contributed by atoms with Crippen molar-refractivity contribution in [3.05, 3.63) is 109 Å². The second kappa shape index (κ2) is 8.16. The van der Waals surface area contributed by atoms with Gasteiger partial charge in [0, 0.05) is 36.3 Å². The van der Waals surface area contributed by atoms with Crippen LogP contribution in [0.1, 0.15) is 0 Å². The third-order valence-corrected chi connectivity index (χ3v) is 6.23. The van der Waals surface area contributed by atoms with Crippen LogP contribution in [-0.2, 0) is 0 Å². The van der Waals surface area contributed by atoms with Gasteiger partial charge in [-0.1, -0.05) is 78.9 Å². The van der Waals surface area contributed by atoms with Crippen LogP contribution in [0.5, 0.6) is 0 Å². The molecule has 0 saturated heterocycles. The fourth-order valence-corrected chi connectivity index (χ4v) is 4.55. The van der Waals surface area contributed by atoms with Crippen molar-refractivity contribution < 1.29 is 0 Å². The van der Waals surface area contributed by atoms with Crippen LogP contribution < -0.4 is 4.90 Å². The van der Waals surface area contributed by atoms with Crippen molar-refractivity contribution in [2.75, 3.05) is 19.0 Å². The average molecular weight is 441 g/mol. The predicted octanol–water partition coefficient (Wildman–Crippen LogP) is 6.97. The molecular formula is C30H24N4. The van der Waals surface area contributed by atoms with Gasteiger partial charge in [-0.2, -0.15) is 5.10 Å². The van der Waals surface area contributed by atoms with Gasteiger partial charge in [-0.15, -0.1) is 0 Å². The molecule has 0 bridgehead atoms. The van der Waals surface area contributed by atoms with Gasteiger partial charge >= 0.3 is 0 Å². The third kappa shape index (κ3) is 3.32. The minimum atomic E-state index is 0.857. The van der Waals surface area contributed by atoms with Crippen LogP contribution in [-0.4, -0.2) is 28.9 Å². The number of nitrogens with zero attached hydrogens (tertiary/aromatic N) is 4. The Morgan fingerprint density at radius 2 is 1.29 bits per heavy atom. The number of benzene rings is 4. The second-order valence-corrected chi connectivity index (χ2v) is 8.61. The highest BCUT2D eigenvalue weighted by molar-refractivity contribution is 6.13. The van der Waals surface area contributed by atoms with Crippen LogP contribution >= 0.6 is 0 Å². The van der Waals surface area contributed by atoms with Crippen LogP contribution in [0, 0.1) is 0 Å². The predicted molar refractivity (Wildman–Crippen MR) is 142 cm³/mol. The summed E-state index contributed by atoms with van der Waals surface area (Å²) in [4.78, 5) is 7.24. The van der Waals surface area contributed by atoms with Crippen LogP contribution in [0.4, 0.5) is 5.69 Å². The summed E-state index contributed by atoms with van der Waals surface area (Å²) in [5.74, 6) is 0. The minimum absolute atomic E-state index is 0.857. The zero-order valence-electron chi connectivity index (χ0n) is 19.2. The largest absolute Gasteiger partial charge is 0.378 e. The Hall–Kier alpha value is -4.44. The van der Waals surface area contributed by atoms with Gasteiger partial charge in [0.15, 0.2) is 5.65 Å². The number of pyridine rings is 1. The molecular weight excluding hydrogens is 416 g/mol. The van der Waals surface area contributed by atoms with E-state index in [1.807, 2.05) is 35.0 Å². The molecule has 0 aliphatic carbocycles. The summed E-state index contributed by atoms with van der Waals surface area (Å²) in [6.45, 7) is 0. The lowest BCUT2D eigenvalue weighted by Gasteiger charge is -2.14. The number of aromatic nitrogens is 3. The van der Waals surface area contributed by atoms with Crippen molar-refractivity contribution in [2.24, 2.45) is 0 Å². The van der Waals surface area contributed by atoms with Gasteiger partial charge in [-0.25, -0.2) is 9.67 Å². The van der Waals surface area contributed by atoms with Gasteiger partial charge in [0.1, 0.15) is 5.69 Å². The Balaban J connectivity index is 1.76. The summed E-state index contributed by atoms with van der Waals surface area (Å²) in [6.07, 6.45) is 0. The van der Waals surface area contributed by atoms with Crippen molar-refractivity contribution in [2.45, 2.75) is 0 Å². The molecule has 0 atom stereocenters. The first kappa shape index (κ1) is 20.2. The Morgan fingerprint density at radius 1 is 0.647 bits per heavy atom. The molecule has 4 aromatic carbocycles. The normalized spacial score (nSPS) is 11.2. The van der Waals surface area contributed by atoms with Gasteiger partial charge < -0.3 is 4.90 Å². The summed E-state index contributed by atoms with van der Waals surface area (Å²) in [6, 6.07) is 37.7. The number of para-hydroxylation sites is 2. The number of hydrogen-bond acceptors (Lipinski definition) is 3. The van der Waals surface area contributed by atoms with E-state index in [-0.39, 0.29) is 0 Å². The average Bonchev–Trinajstić information content (AvgIpc) is 3.27. The highest BCUT2D eigenvalue weighted by Gasteiger charge is 2.21. The summed E-state index contributed by atoms with van der Waals surface area (Å²) < 4.78 is 1.97. The molecule has 2 aromatic heterocycles.